The number of rotatable bonds is 7. The average molecular weight is 547 g/mol. The minimum absolute atomic E-state index is 0.00342. The summed E-state index contributed by atoms with van der Waals surface area (Å²) >= 11 is 0. The van der Waals surface area contributed by atoms with Crippen LogP contribution in [0.25, 0.3) is 5.65 Å². The molecule has 6 unspecified atom stereocenters. The molecular weight excluding hydrogens is 507 g/mol. The van der Waals surface area contributed by atoms with E-state index in [0.717, 1.165) is 44.3 Å². The highest BCUT2D eigenvalue weighted by molar-refractivity contribution is 5.79. The monoisotopic (exact) mass is 546 g/mol. The lowest BCUT2D eigenvalue weighted by Gasteiger charge is -2.41. The molecule has 212 valence electrons. The number of imidazole rings is 1. The molecule has 4 aliphatic rings. The predicted octanol–water partition coefficient (Wildman–Crippen LogP) is 3.98. The number of hydrogen-bond donors (Lipinski definition) is 3. The van der Waals surface area contributed by atoms with E-state index in [2.05, 4.69) is 48.8 Å². The molecule has 40 heavy (non-hydrogen) atoms. The van der Waals surface area contributed by atoms with Gasteiger partial charge in [0.1, 0.15) is 17.2 Å². The van der Waals surface area contributed by atoms with Crippen LogP contribution >= 0.6 is 0 Å². The normalized spacial score (nSPS) is 30.8. The van der Waals surface area contributed by atoms with Crippen LogP contribution in [0.1, 0.15) is 62.1 Å². The Bertz CT molecular complexity index is 1370. The summed E-state index contributed by atoms with van der Waals surface area (Å²) in [5.41, 5.74) is 9.78. The van der Waals surface area contributed by atoms with Gasteiger partial charge in [0.15, 0.2) is 0 Å². The summed E-state index contributed by atoms with van der Waals surface area (Å²) in [5.74, 6) is 1.58. The maximum Gasteiger partial charge on any atom is 0.223 e. The molecule has 2 aliphatic heterocycles. The molecular formula is C31H39FN6O2. The zero-order chi connectivity index (χ0) is 27.2. The van der Waals surface area contributed by atoms with Crippen molar-refractivity contribution in [2.24, 2.45) is 17.8 Å². The van der Waals surface area contributed by atoms with Gasteiger partial charge in [-0.1, -0.05) is 12.1 Å². The van der Waals surface area contributed by atoms with Crippen molar-refractivity contribution in [3.8, 4) is 5.75 Å². The van der Waals surface area contributed by atoms with Crippen molar-refractivity contribution in [1.29, 1.82) is 0 Å². The molecule has 2 aromatic heterocycles. The van der Waals surface area contributed by atoms with Crippen molar-refractivity contribution < 1.29 is 13.9 Å². The molecule has 0 bridgehead atoms. The van der Waals surface area contributed by atoms with E-state index in [9.17, 15) is 9.18 Å². The molecule has 8 nitrogen and oxygen atoms in total. The number of amides is 1. The van der Waals surface area contributed by atoms with Crippen LogP contribution in [0.3, 0.4) is 0 Å². The van der Waals surface area contributed by atoms with Gasteiger partial charge in [-0.05, 0) is 80.5 Å². The third-order valence-corrected chi connectivity index (χ3v) is 9.80. The van der Waals surface area contributed by atoms with Gasteiger partial charge in [-0.25, -0.2) is 14.8 Å². The highest BCUT2D eigenvalue weighted by atomic mass is 19.1. The number of benzene rings is 1. The Morgan fingerprint density at radius 2 is 2.02 bits per heavy atom. The second-order valence-corrected chi connectivity index (χ2v) is 12.2. The molecule has 2 aliphatic carbocycles. The molecule has 4 fully saturated rings. The zero-order valence-corrected chi connectivity index (χ0v) is 23.1. The number of fused-ring (bicyclic) bond motifs is 2. The molecule has 0 spiro atoms. The number of pyridine rings is 1. The highest BCUT2D eigenvalue weighted by Crippen LogP contribution is 2.42. The number of hydrazine groups is 1. The van der Waals surface area contributed by atoms with Crippen molar-refractivity contribution in [2.45, 2.75) is 75.7 Å². The SMILES string of the molecule is COc1cccc(F)c1CN1CC(NC(=O)C2CCC3NNC(c4ccc5nccn5c4)C3C2)CCC1C1CC1. The van der Waals surface area contributed by atoms with Gasteiger partial charge in [0.2, 0.25) is 5.91 Å². The quantitative estimate of drug-likeness (QED) is 0.416. The number of methoxy groups -OCH3 is 1. The maximum absolute atomic E-state index is 14.8. The van der Waals surface area contributed by atoms with Gasteiger partial charge in [-0.2, -0.15) is 0 Å². The van der Waals surface area contributed by atoms with E-state index in [1.165, 1.54) is 24.5 Å². The molecule has 3 N–H and O–H groups in total. The van der Waals surface area contributed by atoms with E-state index in [1.54, 1.807) is 13.2 Å². The minimum atomic E-state index is -0.225. The van der Waals surface area contributed by atoms with Crippen molar-refractivity contribution in [2.75, 3.05) is 13.7 Å². The van der Waals surface area contributed by atoms with Crippen LogP contribution in [0.4, 0.5) is 4.39 Å². The minimum Gasteiger partial charge on any atom is -0.496 e. The van der Waals surface area contributed by atoms with Gasteiger partial charge >= 0.3 is 0 Å². The Morgan fingerprint density at radius 1 is 1.12 bits per heavy atom. The fourth-order valence-electron chi connectivity index (χ4n) is 7.53. The number of carbonyl (C=O) groups is 1. The van der Waals surface area contributed by atoms with Gasteiger partial charge in [0.25, 0.3) is 0 Å². The molecule has 3 aromatic rings. The summed E-state index contributed by atoms with van der Waals surface area (Å²) in [5, 5.41) is 3.42. The summed E-state index contributed by atoms with van der Waals surface area (Å²) in [7, 11) is 1.60. The first-order valence-electron chi connectivity index (χ1n) is 14.9. The number of hydrogen-bond acceptors (Lipinski definition) is 6. The van der Waals surface area contributed by atoms with E-state index in [-0.39, 0.29) is 29.7 Å². The summed E-state index contributed by atoms with van der Waals surface area (Å²) in [6, 6.07) is 10.3. The molecule has 2 saturated carbocycles. The number of likely N-dealkylation sites (tertiary alicyclic amines) is 1. The number of piperidine rings is 1. The van der Waals surface area contributed by atoms with Gasteiger partial charge in [0.05, 0.1) is 13.2 Å². The molecule has 9 heteroatoms. The largest absolute Gasteiger partial charge is 0.496 e. The number of nitrogens with zero attached hydrogens (tertiary/aromatic N) is 3. The van der Waals surface area contributed by atoms with Gasteiger partial charge < -0.3 is 14.5 Å². The van der Waals surface area contributed by atoms with Crippen LogP contribution in [0.5, 0.6) is 5.75 Å². The predicted molar refractivity (Wildman–Crippen MR) is 150 cm³/mol. The van der Waals surface area contributed by atoms with E-state index in [1.807, 2.05) is 18.5 Å². The number of halogens is 1. The van der Waals surface area contributed by atoms with Crippen LogP contribution in [-0.2, 0) is 11.3 Å². The zero-order valence-electron chi connectivity index (χ0n) is 23.1. The van der Waals surface area contributed by atoms with Crippen LogP contribution in [-0.4, -0.2) is 52.0 Å². The molecule has 2 saturated heterocycles. The van der Waals surface area contributed by atoms with Crippen LogP contribution in [0.2, 0.25) is 0 Å². The van der Waals surface area contributed by atoms with Gasteiger partial charge in [-0.3, -0.25) is 15.1 Å². The van der Waals surface area contributed by atoms with Crippen molar-refractivity contribution in [3.05, 3.63) is 65.9 Å². The highest BCUT2D eigenvalue weighted by Gasteiger charge is 2.44. The number of carbonyl (C=O) groups excluding carboxylic acids is 1. The lowest BCUT2D eigenvalue weighted by atomic mass is 9.74. The molecule has 0 radical (unpaired) electrons. The van der Waals surface area contributed by atoms with E-state index < -0.39 is 0 Å². The van der Waals surface area contributed by atoms with Crippen molar-refractivity contribution in [1.82, 2.24) is 30.5 Å². The lowest BCUT2D eigenvalue weighted by Crippen LogP contribution is -2.53. The molecule has 1 amide bonds. The summed E-state index contributed by atoms with van der Waals surface area (Å²) in [6.45, 7) is 1.26. The number of ether oxygens (including phenoxy) is 1. The maximum atomic E-state index is 14.8. The Hall–Kier alpha value is -3.01. The summed E-state index contributed by atoms with van der Waals surface area (Å²) in [4.78, 5) is 20.4. The van der Waals surface area contributed by atoms with Crippen LogP contribution < -0.4 is 20.9 Å². The first kappa shape index (κ1) is 25.9. The van der Waals surface area contributed by atoms with Crippen molar-refractivity contribution in [3.63, 3.8) is 0 Å². The fraction of sp³-hybridized carbons (Fsp3) is 0.548. The smallest absolute Gasteiger partial charge is 0.223 e. The Labute approximate surface area is 234 Å². The molecule has 6 atom stereocenters. The lowest BCUT2D eigenvalue weighted by molar-refractivity contribution is -0.127. The summed E-state index contributed by atoms with van der Waals surface area (Å²) < 4.78 is 22.4. The Kier molecular flexibility index (Phi) is 6.97. The first-order valence-corrected chi connectivity index (χ1v) is 14.9. The Morgan fingerprint density at radius 3 is 2.88 bits per heavy atom. The Balaban J connectivity index is 1.02. The summed E-state index contributed by atoms with van der Waals surface area (Å²) in [6.07, 6.45) is 13.2. The van der Waals surface area contributed by atoms with Crippen LogP contribution in [0, 0.1) is 23.6 Å². The average Bonchev–Trinajstić information content (AvgIpc) is 3.55. The van der Waals surface area contributed by atoms with E-state index in [0.29, 0.717) is 41.8 Å². The number of nitrogens with one attached hydrogen (secondary N) is 3. The standard InChI is InChI=1S/C31H39FN6O2/c1-40-28-4-2-3-25(32)24(28)18-38-17-22(9-11-27(38)19-5-6-19)34-31(39)20-7-10-26-23(15-20)30(36-35-26)21-8-12-29-33-13-14-37(29)16-21/h2-4,8,12-14,16,19-20,22-23,26-27,30,35-36H,5-7,9-11,15,17-18H2,1H3,(H,34,39). The van der Waals surface area contributed by atoms with Crippen molar-refractivity contribution >= 4 is 11.6 Å². The van der Waals surface area contributed by atoms with Gasteiger partial charge in [-0.15, -0.1) is 0 Å². The third kappa shape index (κ3) is 4.99. The second-order valence-electron chi connectivity index (χ2n) is 12.2. The molecule has 1 aromatic carbocycles. The fourth-order valence-corrected chi connectivity index (χ4v) is 7.53. The van der Waals surface area contributed by atoms with Crippen LogP contribution in [0.15, 0.2) is 48.9 Å². The molecule has 4 heterocycles. The van der Waals surface area contributed by atoms with E-state index >= 15 is 0 Å². The second kappa shape index (κ2) is 10.8. The van der Waals surface area contributed by atoms with Gasteiger partial charge in [0, 0.05) is 61.3 Å². The number of aromatic nitrogens is 2. The first-order chi connectivity index (χ1) is 19.6. The van der Waals surface area contributed by atoms with E-state index in [4.69, 9.17) is 4.74 Å². The molecule has 7 rings (SSSR count). The third-order valence-electron chi connectivity index (χ3n) is 9.80. The topological polar surface area (TPSA) is 82.9 Å².